The van der Waals surface area contributed by atoms with Crippen LogP contribution >= 0.6 is 0 Å². The third-order valence-electron chi connectivity index (χ3n) is 4.48. The lowest BCUT2D eigenvalue weighted by molar-refractivity contribution is 0.0642. The molecule has 0 aromatic heterocycles. The number of nitrogens with one attached hydrogen (secondary N) is 2. The van der Waals surface area contributed by atoms with Gasteiger partial charge in [0.1, 0.15) is 0 Å². The summed E-state index contributed by atoms with van der Waals surface area (Å²) in [5, 5.41) is 5.84. The van der Waals surface area contributed by atoms with Crippen LogP contribution in [0.25, 0.3) is 0 Å². The van der Waals surface area contributed by atoms with E-state index in [0.29, 0.717) is 17.7 Å². The maximum atomic E-state index is 12.7. The number of hydrogen-bond donors (Lipinski definition) is 2. The number of nitrogens with zero attached hydrogens (tertiary/aromatic N) is 1. The van der Waals surface area contributed by atoms with Gasteiger partial charge in [0.2, 0.25) is 0 Å². The first kappa shape index (κ1) is 17.8. The van der Waals surface area contributed by atoms with Gasteiger partial charge in [0, 0.05) is 18.2 Å². The quantitative estimate of drug-likeness (QED) is 0.778. The van der Waals surface area contributed by atoms with Crippen LogP contribution in [0.2, 0.25) is 0 Å². The molecule has 26 heavy (non-hydrogen) atoms. The minimum atomic E-state index is -0.368. The molecular weight excluding hydrogens is 330 g/mol. The Balaban J connectivity index is 1.78. The molecule has 6 heteroatoms. The first-order chi connectivity index (χ1) is 12.5. The van der Waals surface area contributed by atoms with E-state index in [-0.39, 0.29) is 35.9 Å². The summed E-state index contributed by atoms with van der Waals surface area (Å²) in [7, 11) is 1.82. The number of rotatable bonds is 6. The van der Waals surface area contributed by atoms with Gasteiger partial charge in [-0.1, -0.05) is 30.3 Å². The highest BCUT2D eigenvalue weighted by molar-refractivity contribution is 6.22. The molecule has 0 saturated carbocycles. The van der Waals surface area contributed by atoms with Gasteiger partial charge in [0.05, 0.1) is 17.7 Å². The van der Waals surface area contributed by atoms with E-state index in [1.54, 1.807) is 12.1 Å². The molecule has 2 aromatic rings. The Bertz CT molecular complexity index is 849. The first-order valence-electron chi connectivity index (χ1n) is 8.51. The number of hydrogen-bond acceptors (Lipinski definition) is 4. The van der Waals surface area contributed by atoms with Crippen molar-refractivity contribution in [3.63, 3.8) is 0 Å². The SMILES string of the molecule is CNC(C)CNC(=O)c1ccc2c(c1)C(=O)N(Cc1ccccc1)C2=O. The Kier molecular flexibility index (Phi) is 5.14. The summed E-state index contributed by atoms with van der Waals surface area (Å²) in [4.78, 5) is 38.7. The van der Waals surface area contributed by atoms with Gasteiger partial charge in [-0.2, -0.15) is 0 Å². The van der Waals surface area contributed by atoms with Crippen LogP contribution in [0.4, 0.5) is 0 Å². The number of likely N-dealkylation sites (N-methyl/N-ethyl adjacent to an activating group) is 1. The normalized spacial score (nSPS) is 14.3. The monoisotopic (exact) mass is 351 g/mol. The molecule has 0 bridgehead atoms. The van der Waals surface area contributed by atoms with Crippen LogP contribution in [0.1, 0.15) is 43.6 Å². The van der Waals surface area contributed by atoms with Gasteiger partial charge in [-0.15, -0.1) is 0 Å². The average Bonchev–Trinajstić information content (AvgIpc) is 2.91. The fourth-order valence-corrected chi connectivity index (χ4v) is 2.79. The summed E-state index contributed by atoms with van der Waals surface area (Å²) < 4.78 is 0. The standard InChI is InChI=1S/C20H21N3O3/c1-13(21-2)11-22-18(24)15-8-9-16-17(10-15)20(26)23(19(16)25)12-14-6-4-3-5-7-14/h3-10,13,21H,11-12H2,1-2H3,(H,22,24). The molecule has 0 radical (unpaired) electrons. The molecule has 3 rings (SSSR count). The molecule has 1 heterocycles. The van der Waals surface area contributed by atoms with Gasteiger partial charge in [-0.05, 0) is 37.7 Å². The highest BCUT2D eigenvalue weighted by atomic mass is 16.2. The lowest BCUT2D eigenvalue weighted by Gasteiger charge is -2.13. The predicted molar refractivity (Wildman–Crippen MR) is 97.9 cm³/mol. The third kappa shape index (κ3) is 3.50. The molecule has 1 aliphatic rings. The van der Waals surface area contributed by atoms with Crippen molar-refractivity contribution in [3.8, 4) is 0 Å². The predicted octanol–water partition coefficient (Wildman–Crippen LogP) is 1.82. The summed E-state index contributed by atoms with van der Waals surface area (Å²) in [6, 6.07) is 14.1. The van der Waals surface area contributed by atoms with Gasteiger partial charge in [0.15, 0.2) is 0 Å². The van der Waals surface area contributed by atoms with Gasteiger partial charge in [0.25, 0.3) is 17.7 Å². The molecule has 134 valence electrons. The largest absolute Gasteiger partial charge is 0.350 e. The van der Waals surface area contributed by atoms with E-state index in [2.05, 4.69) is 10.6 Å². The van der Waals surface area contributed by atoms with Crippen LogP contribution in [0.3, 0.4) is 0 Å². The van der Waals surface area contributed by atoms with Crippen molar-refractivity contribution in [2.24, 2.45) is 0 Å². The second kappa shape index (κ2) is 7.49. The molecule has 1 unspecified atom stereocenters. The highest BCUT2D eigenvalue weighted by Crippen LogP contribution is 2.25. The molecule has 1 atom stereocenters. The molecule has 6 nitrogen and oxygen atoms in total. The van der Waals surface area contributed by atoms with E-state index in [4.69, 9.17) is 0 Å². The van der Waals surface area contributed by atoms with Gasteiger partial charge >= 0.3 is 0 Å². The maximum Gasteiger partial charge on any atom is 0.261 e. The lowest BCUT2D eigenvalue weighted by atomic mass is 10.1. The second-order valence-corrected chi connectivity index (χ2v) is 6.34. The average molecular weight is 351 g/mol. The van der Waals surface area contributed by atoms with E-state index < -0.39 is 0 Å². The van der Waals surface area contributed by atoms with Gasteiger partial charge < -0.3 is 10.6 Å². The van der Waals surface area contributed by atoms with Crippen molar-refractivity contribution >= 4 is 17.7 Å². The van der Waals surface area contributed by atoms with Crippen LogP contribution < -0.4 is 10.6 Å². The van der Waals surface area contributed by atoms with Crippen LogP contribution in [0.5, 0.6) is 0 Å². The van der Waals surface area contributed by atoms with Crippen molar-refractivity contribution < 1.29 is 14.4 Å². The number of benzene rings is 2. The molecule has 1 aliphatic heterocycles. The van der Waals surface area contributed by atoms with E-state index in [1.165, 1.54) is 11.0 Å². The fourth-order valence-electron chi connectivity index (χ4n) is 2.79. The molecule has 0 aliphatic carbocycles. The zero-order valence-corrected chi connectivity index (χ0v) is 14.8. The Morgan fingerprint density at radius 3 is 2.42 bits per heavy atom. The Hall–Kier alpha value is -2.99. The van der Waals surface area contributed by atoms with Crippen molar-refractivity contribution in [1.29, 1.82) is 0 Å². The van der Waals surface area contributed by atoms with E-state index >= 15 is 0 Å². The zero-order valence-electron chi connectivity index (χ0n) is 14.8. The molecule has 3 amide bonds. The van der Waals surface area contributed by atoms with Gasteiger partial charge in [-0.25, -0.2) is 0 Å². The summed E-state index contributed by atoms with van der Waals surface area (Å²) in [5.41, 5.74) is 1.86. The molecule has 0 spiro atoms. The number of imide groups is 1. The lowest BCUT2D eigenvalue weighted by Crippen LogP contribution is -2.37. The van der Waals surface area contributed by atoms with E-state index in [0.717, 1.165) is 5.56 Å². The minimum Gasteiger partial charge on any atom is -0.350 e. The van der Waals surface area contributed by atoms with Crippen LogP contribution in [-0.4, -0.2) is 42.3 Å². The van der Waals surface area contributed by atoms with E-state index in [1.807, 2.05) is 44.3 Å². The van der Waals surface area contributed by atoms with Crippen LogP contribution in [0, 0.1) is 0 Å². The Labute approximate surface area is 152 Å². The maximum absolute atomic E-state index is 12.7. The summed E-state index contributed by atoms with van der Waals surface area (Å²) in [5.74, 6) is -0.964. The van der Waals surface area contributed by atoms with Gasteiger partial charge in [-0.3, -0.25) is 19.3 Å². The molecule has 0 fully saturated rings. The second-order valence-electron chi connectivity index (χ2n) is 6.34. The number of carbonyl (C=O) groups is 3. The number of fused-ring (bicyclic) bond motifs is 1. The number of amides is 3. The van der Waals surface area contributed by atoms with Crippen molar-refractivity contribution in [2.75, 3.05) is 13.6 Å². The summed E-state index contributed by atoms with van der Waals surface area (Å²) >= 11 is 0. The molecular formula is C20H21N3O3. The van der Waals surface area contributed by atoms with Crippen LogP contribution in [-0.2, 0) is 6.54 Å². The van der Waals surface area contributed by atoms with Crippen molar-refractivity contribution in [1.82, 2.24) is 15.5 Å². The minimum absolute atomic E-state index is 0.137. The smallest absolute Gasteiger partial charge is 0.261 e. The zero-order chi connectivity index (χ0) is 18.7. The summed E-state index contributed by atoms with van der Waals surface area (Å²) in [6.07, 6.45) is 0. The Morgan fingerprint density at radius 1 is 1.04 bits per heavy atom. The van der Waals surface area contributed by atoms with Crippen molar-refractivity contribution in [2.45, 2.75) is 19.5 Å². The third-order valence-corrected chi connectivity index (χ3v) is 4.48. The number of carbonyl (C=O) groups excluding carboxylic acids is 3. The topological polar surface area (TPSA) is 78.5 Å². The van der Waals surface area contributed by atoms with E-state index in [9.17, 15) is 14.4 Å². The molecule has 0 saturated heterocycles. The summed E-state index contributed by atoms with van der Waals surface area (Å²) in [6.45, 7) is 2.64. The highest BCUT2D eigenvalue weighted by Gasteiger charge is 2.35. The van der Waals surface area contributed by atoms with Crippen molar-refractivity contribution in [3.05, 3.63) is 70.8 Å². The first-order valence-corrected chi connectivity index (χ1v) is 8.51. The Morgan fingerprint density at radius 2 is 1.73 bits per heavy atom. The fraction of sp³-hybridized carbons (Fsp3) is 0.250. The molecule has 2 N–H and O–H groups in total. The van der Waals surface area contributed by atoms with Crippen LogP contribution in [0.15, 0.2) is 48.5 Å². The molecule has 2 aromatic carbocycles.